The maximum Gasteiger partial charge on any atom is 0.144 e. The van der Waals surface area contributed by atoms with Crippen molar-refractivity contribution in [3.8, 4) is 0 Å². The molecule has 1 N–H and O–H groups in total. The van der Waals surface area contributed by atoms with E-state index >= 15 is 0 Å². The Morgan fingerprint density at radius 1 is 0.818 bits per heavy atom. The molecule has 0 amide bonds. The topological polar surface area (TPSA) is 46.5 Å². The standard InChI is InChI=1S/C30H34O3/c1-25(32)15-6-2-13-22-29(23-14-24-31)33-30(26-16-7-3-8-17-26,27-18-9-4-10-19-27)28-20-11-5-12-21-28/h3-5,7-12,14,16-21,23,29,31H,2,6,13,15,22,24H2,1H3. The highest BCUT2D eigenvalue weighted by Crippen LogP contribution is 2.42. The van der Waals surface area contributed by atoms with E-state index in [9.17, 15) is 9.90 Å². The maximum atomic E-state index is 11.3. The van der Waals surface area contributed by atoms with Gasteiger partial charge in [0.2, 0.25) is 0 Å². The molecule has 0 aromatic heterocycles. The summed E-state index contributed by atoms with van der Waals surface area (Å²) < 4.78 is 7.06. The fourth-order valence-corrected chi connectivity index (χ4v) is 4.25. The molecule has 0 heterocycles. The Labute approximate surface area is 197 Å². The van der Waals surface area contributed by atoms with Crippen molar-refractivity contribution in [1.29, 1.82) is 0 Å². The fraction of sp³-hybridized carbons (Fsp3) is 0.300. The first-order valence-corrected chi connectivity index (χ1v) is 11.8. The second kappa shape index (κ2) is 12.9. The van der Waals surface area contributed by atoms with Gasteiger partial charge in [0.05, 0.1) is 12.7 Å². The molecular weight excluding hydrogens is 408 g/mol. The zero-order valence-corrected chi connectivity index (χ0v) is 19.4. The van der Waals surface area contributed by atoms with E-state index in [-0.39, 0.29) is 18.5 Å². The van der Waals surface area contributed by atoms with Crippen LogP contribution in [0.15, 0.2) is 103 Å². The molecule has 3 aromatic rings. The molecule has 0 fully saturated rings. The second-order valence-corrected chi connectivity index (χ2v) is 8.35. The quantitative estimate of drug-likeness (QED) is 0.188. The van der Waals surface area contributed by atoms with E-state index in [1.807, 2.05) is 60.7 Å². The first-order chi connectivity index (χ1) is 16.2. The van der Waals surface area contributed by atoms with Crippen molar-refractivity contribution in [2.75, 3.05) is 6.61 Å². The van der Waals surface area contributed by atoms with Crippen LogP contribution in [-0.4, -0.2) is 23.6 Å². The summed E-state index contributed by atoms with van der Waals surface area (Å²) in [5, 5.41) is 9.46. The molecule has 0 aliphatic rings. The van der Waals surface area contributed by atoms with E-state index in [0.29, 0.717) is 6.42 Å². The van der Waals surface area contributed by atoms with E-state index in [1.165, 1.54) is 0 Å². The van der Waals surface area contributed by atoms with Crippen LogP contribution in [0.4, 0.5) is 0 Å². The van der Waals surface area contributed by atoms with E-state index in [0.717, 1.165) is 42.4 Å². The number of ketones is 1. The van der Waals surface area contributed by atoms with Crippen molar-refractivity contribution in [3.63, 3.8) is 0 Å². The van der Waals surface area contributed by atoms with Gasteiger partial charge in [0.15, 0.2) is 0 Å². The molecule has 0 bridgehead atoms. The highest BCUT2D eigenvalue weighted by Gasteiger charge is 2.39. The van der Waals surface area contributed by atoms with Gasteiger partial charge in [-0.05, 0) is 36.5 Å². The average molecular weight is 443 g/mol. The molecule has 0 saturated heterocycles. The zero-order valence-electron chi connectivity index (χ0n) is 19.4. The normalized spacial score (nSPS) is 12.7. The number of ether oxygens (including phenoxy) is 1. The molecule has 1 atom stereocenters. The average Bonchev–Trinajstić information content (AvgIpc) is 2.86. The number of benzene rings is 3. The van der Waals surface area contributed by atoms with E-state index in [2.05, 4.69) is 36.4 Å². The van der Waals surface area contributed by atoms with Gasteiger partial charge < -0.3 is 14.6 Å². The van der Waals surface area contributed by atoms with E-state index in [1.54, 1.807) is 13.0 Å². The third-order valence-electron chi connectivity index (χ3n) is 5.84. The van der Waals surface area contributed by atoms with Crippen molar-refractivity contribution >= 4 is 5.78 Å². The molecule has 0 saturated carbocycles. The Morgan fingerprint density at radius 3 is 1.73 bits per heavy atom. The summed E-state index contributed by atoms with van der Waals surface area (Å²) in [6, 6.07) is 31.0. The molecular formula is C30H34O3. The van der Waals surface area contributed by atoms with Crippen molar-refractivity contribution in [2.45, 2.75) is 50.7 Å². The minimum Gasteiger partial charge on any atom is -0.392 e. The predicted octanol–water partition coefficient (Wildman–Crippen LogP) is 6.45. The second-order valence-electron chi connectivity index (χ2n) is 8.35. The van der Waals surface area contributed by atoms with Gasteiger partial charge in [-0.15, -0.1) is 0 Å². The highest BCUT2D eigenvalue weighted by atomic mass is 16.5. The number of aliphatic hydroxyl groups is 1. The molecule has 3 rings (SSSR count). The van der Waals surface area contributed by atoms with Gasteiger partial charge in [0.25, 0.3) is 0 Å². The molecule has 0 aliphatic carbocycles. The van der Waals surface area contributed by atoms with Crippen LogP contribution in [0, 0.1) is 0 Å². The van der Waals surface area contributed by atoms with Gasteiger partial charge in [-0.2, -0.15) is 0 Å². The lowest BCUT2D eigenvalue weighted by atomic mass is 9.79. The van der Waals surface area contributed by atoms with Crippen molar-refractivity contribution in [2.24, 2.45) is 0 Å². The van der Waals surface area contributed by atoms with Gasteiger partial charge in [-0.3, -0.25) is 0 Å². The molecule has 3 aromatic carbocycles. The molecule has 0 aliphatic heterocycles. The number of Topliss-reactive ketones (excluding diaryl/α,β-unsaturated/α-hetero) is 1. The van der Waals surface area contributed by atoms with Crippen LogP contribution in [-0.2, 0) is 15.1 Å². The number of unbranched alkanes of at least 4 members (excludes halogenated alkanes) is 2. The van der Waals surface area contributed by atoms with E-state index in [4.69, 9.17) is 4.74 Å². The van der Waals surface area contributed by atoms with Crippen LogP contribution in [0.1, 0.15) is 55.7 Å². The molecule has 172 valence electrons. The first kappa shape index (κ1) is 24.6. The fourth-order valence-electron chi connectivity index (χ4n) is 4.25. The molecule has 0 spiro atoms. The van der Waals surface area contributed by atoms with Crippen LogP contribution in [0.5, 0.6) is 0 Å². The summed E-state index contributed by atoms with van der Waals surface area (Å²) in [4.78, 5) is 11.3. The molecule has 3 nitrogen and oxygen atoms in total. The van der Waals surface area contributed by atoms with Crippen molar-refractivity contribution < 1.29 is 14.6 Å². The Hall–Kier alpha value is -3.01. The highest BCUT2D eigenvalue weighted by molar-refractivity contribution is 5.75. The van der Waals surface area contributed by atoms with Gasteiger partial charge in [0, 0.05) is 6.42 Å². The van der Waals surface area contributed by atoms with Crippen LogP contribution in [0.2, 0.25) is 0 Å². The van der Waals surface area contributed by atoms with Crippen LogP contribution >= 0.6 is 0 Å². The van der Waals surface area contributed by atoms with Gasteiger partial charge in [0.1, 0.15) is 11.4 Å². The Bertz CT molecular complexity index is 884. The third-order valence-corrected chi connectivity index (χ3v) is 5.84. The van der Waals surface area contributed by atoms with Crippen molar-refractivity contribution in [1.82, 2.24) is 0 Å². The molecule has 1 unspecified atom stereocenters. The van der Waals surface area contributed by atoms with Crippen LogP contribution < -0.4 is 0 Å². The Kier molecular flexibility index (Phi) is 9.61. The SMILES string of the molecule is CC(=O)CCCCCC(C=CCO)OC(c1ccccc1)(c1ccccc1)c1ccccc1. The Morgan fingerprint density at radius 2 is 1.30 bits per heavy atom. The minimum absolute atomic E-state index is 0.0286. The number of hydrogen-bond acceptors (Lipinski definition) is 3. The Balaban J connectivity index is 2.01. The summed E-state index contributed by atoms with van der Waals surface area (Å²) in [5.41, 5.74) is 2.37. The maximum absolute atomic E-state index is 11.3. The molecule has 3 heteroatoms. The summed E-state index contributed by atoms with van der Waals surface area (Å²) in [5.74, 6) is 0.235. The summed E-state index contributed by atoms with van der Waals surface area (Å²) in [6.45, 7) is 1.61. The number of carbonyl (C=O) groups excluding carboxylic acids is 1. The lowest BCUT2D eigenvalue weighted by molar-refractivity contribution is -0.117. The zero-order chi connectivity index (χ0) is 23.4. The van der Waals surface area contributed by atoms with Gasteiger partial charge >= 0.3 is 0 Å². The lowest BCUT2D eigenvalue weighted by Crippen LogP contribution is -2.36. The summed E-state index contributed by atoms with van der Waals surface area (Å²) >= 11 is 0. The number of aliphatic hydroxyl groups excluding tert-OH is 1. The third kappa shape index (κ3) is 6.74. The van der Waals surface area contributed by atoms with Gasteiger partial charge in [-0.25, -0.2) is 0 Å². The smallest absolute Gasteiger partial charge is 0.144 e. The molecule has 33 heavy (non-hydrogen) atoms. The van der Waals surface area contributed by atoms with Crippen LogP contribution in [0.3, 0.4) is 0 Å². The lowest BCUT2D eigenvalue weighted by Gasteiger charge is -2.38. The van der Waals surface area contributed by atoms with Gasteiger partial charge in [-0.1, -0.05) is 116 Å². The van der Waals surface area contributed by atoms with Crippen LogP contribution in [0.25, 0.3) is 0 Å². The summed E-state index contributed by atoms with van der Waals surface area (Å²) in [7, 11) is 0. The number of carbonyl (C=O) groups is 1. The monoisotopic (exact) mass is 442 g/mol. The van der Waals surface area contributed by atoms with Crippen molar-refractivity contribution in [3.05, 3.63) is 120 Å². The number of hydrogen-bond donors (Lipinski definition) is 1. The summed E-state index contributed by atoms with van der Waals surface area (Å²) in [6.07, 6.45) is 7.77. The van der Waals surface area contributed by atoms with E-state index < -0.39 is 5.60 Å². The minimum atomic E-state index is -0.798. The largest absolute Gasteiger partial charge is 0.392 e. The first-order valence-electron chi connectivity index (χ1n) is 11.8. The molecule has 0 radical (unpaired) electrons. The predicted molar refractivity (Wildman–Crippen MR) is 134 cm³/mol. The number of rotatable bonds is 13.